The Labute approximate surface area is 167 Å². The normalized spacial score (nSPS) is 20.0. The Morgan fingerprint density at radius 2 is 2.04 bits per heavy atom. The highest BCUT2D eigenvalue weighted by molar-refractivity contribution is 8.26. The van der Waals surface area contributed by atoms with Gasteiger partial charge in [-0.2, -0.15) is 5.01 Å². The number of thioether (sulfide) groups is 1. The van der Waals surface area contributed by atoms with Crippen LogP contribution in [0.2, 0.25) is 0 Å². The first-order valence-electron chi connectivity index (χ1n) is 9.04. The van der Waals surface area contributed by atoms with Crippen molar-refractivity contribution >= 4 is 57.2 Å². The molecule has 1 saturated heterocycles. The lowest BCUT2D eigenvalue weighted by atomic mass is 9.89. The minimum atomic E-state index is -0.304. The number of nitrogens with zero attached hydrogens (tertiary/aromatic N) is 3. The first-order chi connectivity index (χ1) is 13.0. The lowest BCUT2D eigenvalue weighted by Crippen LogP contribution is -2.47. The van der Waals surface area contributed by atoms with E-state index in [0.29, 0.717) is 15.1 Å². The molecule has 2 fully saturated rings. The van der Waals surface area contributed by atoms with Crippen LogP contribution in [0.1, 0.15) is 37.9 Å². The zero-order valence-electron chi connectivity index (χ0n) is 15.0. The fraction of sp³-hybridized carbons (Fsp3) is 0.368. The van der Waals surface area contributed by atoms with Crippen LogP contribution in [0.15, 0.2) is 29.2 Å². The molecule has 1 saturated carbocycles. The number of imidazole rings is 1. The number of fused-ring (bicyclic) bond motifs is 1. The van der Waals surface area contributed by atoms with Gasteiger partial charge >= 0.3 is 0 Å². The second-order valence-corrected chi connectivity index (χ2v) is 8.52. The van der Waals surface area contributed by atoms with Gasteiger partial charge in [0.2, 0.25) is 5.91 Å². The fourth-order valence-corrected chi connectivity index (χ4v) is 4.69. The number of carbonyl (C=O) groups is 2. The number of aryl methyl sites for hydroxylation is 1. The second kappa shape index (κ2) is 7.44. The summed E-state index contributed by atoms with van der Waals surface area (Å²) in [6.07, 6.45) is 6.76. The highest BCUT2D eigenvalue weighted by Gasteiger charge is 2.35. The van der Waals surface area contributed by atoms with E-state index < -0.39 is 0 Å². The number of hydrazine groups is 1. The van der Waals surface area contributed by atoms with Gasteiger partial charge in [-0.25, -0.2) is 4.98 Å². The number of rotatable bonds is 3. The highest BCUT2D eigenvalue weighted by atomic mass is 32.2. The molecule has 0 bridgehead atoms. The summed E-state index contributed by atoms with van der Waals surface area (Å²) in [6.45, 7) is 0. The van der Waals surface area contributed by atoms with Crippen LogP contribution in [-0.4, -0.2) is 30.7 Å². The molecule has 2 aliphatic rings. The van der Waals surface area contributed by atoms with Gasteiger partial charge in [0, 0.05) is 19.0 Å². The van der Waals surface area contributed by atoms with Crippen molar-refractivity contribution in [3.8, 4) is 0 Å². The van der Waals surface area contributed by atoms with E-state index >= 15 is 0 Å². The molecule has 1 aliphatic heterocycles. The number of hydrogen-bond acceptors (Lipinski definition) is 5. The smallest absolute Gasteiger partial charge is 0.285 e. The summed E-state index contributed by atoms with van der Waals surface area (Å²) in [5.74, 6) is 0.221. The predicted octanol–water partition coefficient (Wildman–Crippen LogP) is 3.39. The zero-order chi connectivity index (χ0) is 19.0. The molecule has 1 aromatic carbocycles. The maximum atomic E-state index is 12.8. The molecule has 1 aromatic heterocycles. The molecular formula is C19H20N4O2S2. The summed E-state index contributed by atoms with van der Waals surface area (Å²) in [5.41, 5.74) is 4.58. The van der Waals surface area contributed by atoms with Gasteiger partial charge in [-0.15, -0.1) is 0 Å². The highest BCUT2D eigenvalue weighted by Crippen LogP contribution is 2.32. The number of thiocarbonyl (C=S) groups is 1. The van der Waals surface area contributed by atoms with Gasteiger partial charge in [-0.05, 0) is 37.2 Å². The van der Waals surface area contributed by atoms with Gasteiger partial charge in [0.15, 0.2) is 4.32 Å². The van der Waals surface area contributed by atoms with Crippen LogP contribution >= 0.6 is 24.0 Å². The second-order valence-electron chi connectivity index (χ2n) is 6.85. The Morgan fingerprint density at radius 3 is 2.78 bits per heavy atom. The van der Waals surface area contributed by atoms with Crippen LogP contribution in [-0.2, 0) is 16.6 Å². The number of benzene rings is 1. The lowest BCUT2D eigenvalue weighted by molar-refractivity contribution is -0.136. The maximum absolute atomic E-state index is 12.8. The van der Waals surface area contributed by atoms with E-state index in [2.05, 4.69) is 10.4 Å². The molecule has 140 valence electrons. The topological polar surface area (TPSA) is 67.2 Å². The molecule has 0 spiro atoms. The van der Waals surface area contributed by atoms with E-state index in [1.54, 1.807) is 6.08 Å². The average Bonchev–Trinajstić information content (AvgIpc) is 3.14. The lowest BCUT2D eigenvalue weighted by Gasteiger charge is -2.23. The van der Waals surface area contributed by atoms with Crippen LogP contribution in [0.4, 0.5) is 0 Å². The molecule has 1 aliphatic carbocycles. The third-order valence-corrected chi connectivity index (χ3v) is 6.38. The van der Waals surface area contributed by atoms with E-state index in [9.17, 15) is 9.59 Å². The predicted molar refractivity (Wildman–Crippen MR) is 110 cm³/mol. The first kappa shape index (κ1) is 18.2. The van der Waals surface area contributed by atoms with Crippen molar-refractivity contribution in [3.05, 3.63) is 35.0 Å². The quantitative estimate of drug-likeness (QED) is 0.632. The molecule has 0 unspecified atom stereocenters. The van der Waals surface area contributed by atoms with Crippen molar-refractivity contribution < 1.29 is 9.59 Å². The van der Waals surface area contributed by atoms with E-state index in [-0.39, 0.29) is 17.7 Å². The van der Waals surface area contributed by atoms with Crippen LogP contribution < -0.4 is 5.43 Å². The first-order valence-corrected chi connectivity index (χ1v) is 10.3. The summed E-state index contributed by atoms with van der Waals surface area (Å²) in [4.78, 5) is 30.3. The van der Waals surface area contributed by atoms with Gasteiger partial charge < -0.3 is 4.57 Å². The number of nitrogens with one attached hydrogen (secondary N) is 1. The summed E-state index contributed by atoms with van der Waals surface area (Å²) in [6, 6.07) is 7.80. The molecule has 2 heterocycles. The SMILES string of the molecule is Cn1c(C=C2SC(=S)N(NC(=O)C3CCCCC3)C2=O)nc2ccccc21. The molecule has 2 aromatic rings. The summed E-state index contributed by atoms with van der Waals surface area (Å²) in [7, 11) is 1.91. The summed E-state index contributed by atoms with van der Waals surface area (Å²) < 4.78 is 2.27. The van der Waals surface area contributed by atoms with Crippen molar-refractivity contribution in [2.75, 3.05) is 0 Å². The molecule has 6 nitrogen and oxygen atoms in total. The fourth-order valence-electron chi connectivity index (χ4n) is 3.54. The van der Waals surface area contributed by atoms with E-state index in [1.165, 1.54) is 23.2 Å². The van der Waals surface area contributed by atoms with Crippen LogP contribution in [0, 0.1) is 5.92 Å². The molecule has 2 amide bonds. The van der Waals surface area contributed by atoms with Gasteiger partial charge in [-0.3, -0.25) is 15.0 Å². The standard InChI is InChI=1S/C19H20N4O2S2/c1-22-14-10-6-5-9-13(14)20-16(22)11-15-18(25)23(19(26)27-15)21-17(24)12-7-3-2-4-8-12/h5-6,9-12H,2-4,7-8H2,1H3,(H,21,24). The third-order valence-electron chi connectivity index (χ3n) is 5.07. The van der Waals surface area contributed by atoms with Crippen molar-refractivity contribution in [2.45, 2.75) is 32.1 Å². The van der Waals surface area contributed by atoms with Crippen LogP contribution in [0.3, 0.4) is 0 Å². The largest absolute Gasteiger partial charge is 0.328 e. The van der Waals surface area contributed by atoms with Gasteiger partial charge in [0.1, 0.15) is 5.82 Å². The molecule has 4 rings (SSSR count). The zero-order valence-corrected chi connectivity index (χ0v) is 16.6. The monoisotopic (exact) mass is 400 g/mol. The van der Waals surface area contributed by atoms with Crippen molar-refractivity contribution in [1.29, 1.82) is 0 Å². The third kappa shape index (κ3) is 3.51. The average molecular weight is 401 g/mol. The summed E-state index contributed by atoms with van der Waals surface area (Å²) >= 11 is 6.50. The molecule has 27 heavy (non-hydrogen) atoms. The number of amides is 2. The van der Waals surface area contributed by atoms with E-state index in [1.807, 2.05) is 35.9 Å². The number of para-hydroxylation sites is 2. The van der Waals surface area contributed by atoms with E-state index in [0.717, 1.165) is 36.7 Å². The minimum absolute atomic E-state index is 0.0350. The van der Waals surface area contributed by atoms with Crippen LogP contribution in [0.5, 0.6) is 0 Å². The summed E-state index contributed by atoms with van der Waals surface area (Å²) in [5, 5.41) is 1.20. The van der Waals surface area contributed by atoms with Crippen molar-refractivity contribution in [1.82, 2.24) is 20.0 Å². The number of carbonyl (C=O) groups excluding carboxylic acids is 2. The molecule has 8 heteroatoms. The van der Waals surface area contributed by atoms with Gasteiger partial charge in [0.05, 0.1) is 15.9 Å². The Hall–Kier alpha value is -2.19. The minimum Gasteiger partial charge on any atom is -0.328 e. The molecule has 0 radical (unpaired) electrons. The van der Waals surface area contributed by atoms with Crippen molar-refractivity contribution in [3.63, 3.8) is 0 Å². The Balaban J connectivity index is 1.54. The number of aromatic nitrogens is 2. The van der Waals surface area contributed by atoms with Crippen LogP contribution in [0.25, 0.3) is 17.1 Å². The van der Waals surface area contributed by atoms with Gasteiger partial charge in [0.25, 0.3) is 5.91 Å². The Kier molecular flexibility index (Phi) is 5.01. The Morgan fingerprint density at radius 1 is 1.30 bits per heavy atom. The van der Waals surface area contributed by atoms with Crippen molar-refractivity contribution in [2.24, 2.45) is 13.0 Å². The Bertz CT molecular complexity index is 960. The number of hydrogen-bond donors (Lipinski definition) is 1. The maximum Gasteiger partial charge on any atom is 0.285 e. The molecular weight excluding hydrogens is 380 g/mol. The van der Waals surface area contributed by atoms with Gasteiger partial charge in [-0.1, -0.05) is 43.2 Å². The van der Waals surface area contributed by atoms with E-state index in [4.69, 9.17) is 12.2 Å². The molecule has 1 N–H and O–H groups in total. The molecule has 0 atom stereocenters.